The van der Waals surface area contributed by atoms with Gasteiger partial charge in [0.2, 0.25) is 0 Å². The van der Waals surface area contributed by atoms with E-state index < -0.39 is 0 Å². The third-order valence-corrected chi connectivity index (χ3v) is 3.73. The molecule has 20 heavy (non-hydrogen) atoms. The highest BCUT2D eigenvalue weighted by molar-refractivity contribution is 9.10. The molecule has 4 heteroatoms. The Morgan fingerprint density at radius 1 is 1.20 bits per heavy atom. The predicted molar refractivity (Wildman–Crippen MR) is 84.1 cm³/mol. The largest absolute Gasteiger partial charge is 0.496 e. The van der Waals surface area contributed by atoms with Crippen LogP contribution in [0.2, 0.25) is 0 Å². The van der Waals surface area contributed by atoms with Crippen molar-refractivity contribution in [3.8, 4) is 11.5 Å². The molecule has 2 rings (SSSR count). The molecule has 0 heterocycles. The maximum atomic E-state index is 5.93. The van der Waals surface area contributed by atoms with E-state index in [1.165, 1.54) is 0 Å². The van der Waals surface area contributed by atoms with Crippen LogP contribution in [-0.2, 0) is 13.2 Å². The third kappa shape index (κ3) is 3.32. The summed E-state index contributed by atoms with van der Waals surface area (Å²) >= 11 is 3.48. The van der Waals surface area contributed by atoms with Gasteiger partial charge in [0.1, 0.15) is 18.1 Å². The van der Waals surface area contributed by atoms with Crippen molar-refractivity contribution in [2.45, 2.75) is 20.1 Å². The number of hydrogen-bond acceptors (Lipinski definition) is 3. The zero-order chi connectivity index (χ0) is 14.5. The maximum absolute atomic E-state index is 5.93. The first-order chi connectivity index (χ1) is 9.65. The smallest absolute Gasteiger partial charge is 0.133 e. The molecule has 3 nitrogen and oxygen atoms in total. The fourth-order valence-corrected chi connectivity index (χ4v) is 2.62. The summed E-state index contributed by atoms with van der Waals surface area (Å²) in [5.41, 5.74) is 8.94. The van der Waals surface area contributed by atoms with Gasteiger partial charge in [-0.3, -0.25) is 0 Å². The fraction of sp³-hybridized carbons (Fsp3) is 0.250. The van der Waals surface area contributed by atoms with Crippen LogP contribution in [0, 0.1) is 6.92 Å². The van der Waals surface area contributed by atoms with E-state index in [0.29, 0.717) is 13.2 Å². The molecule has 0 aromatic heterocycles. The minimum absolute atomic E-state index is 0.476. The zero-order valence-electron chi connectivity index (χ0n) is 11.7. The number of ether oxygens (including phenoxy) is 2. The van der Waals surface area contributed by atoms with Gasteiger partial charge in [0.25, 0.3) is 0 Å². The van der Waals surface area contributed by atoms with Crippen molar-refractivity contribution >= 4 is 15.9 Å². The molecule has 106 valence electrons. The van der Waals surface area contributed by atoms with Gasteiger partial charge in [-0.05, 0) is 46.1 Å². The van der Waals surface area contributed by atoms with Gasteiger partial charge in [-0.1, -0.05) is 24.3 Å². The summed E-state index contributed by atoms with van der Waals surface area (Å²) in [6, 6.07) is 11.9. The second kappa shape index (κ2) is 6.77. The molecule has 0 aliphatic rings. The molecule has 2 aromatic carbocycles. The summed E-state index contributed by atoms with van der Waals surface area (Å²) in [6.45, 7) is 3.00. The first kappa shape index (κ1) is 14.9. The van der Waals surface area contributed by atoms with E-state index in [2.05, 4.69) is 15.9 Å². The molecule has 0 unspecified atom stereocenters. The quantitative estimate of drug-likeness (QED) is 0.903. The first-order valence-corrected chi connectivity index (χ1v) is 7.18. The number of rotatable bonds is 5. The van der Waals surface area contributed by atoms with E-state index in [1.807, 2.05) is 43.3 Å². The van der Waals surface area contributed by atoms with Crippen LogP contribution < -0.4 is 15.2 Å². The number of para-hydroxylation sites is 1. The van der Waals surface area contributed by atoms with Crippen LogP contribution in [0.5, 0.6) is 11.5 Å². The van der Waals surface area contributed by atoms with Crippen LogP contribution in [0.4, 0.5) is 0 Å². The number of halogens is 1. The molecule has 0 saturated carbocycles. The van der Waals surface area contributed by atoms with Gasteiger partial charge in [-0.25, -0.2) is 0 Å². The molecule has 0 atom stereocenters. The van der Waals surface area contributed by atoms with Gasteiger partial charge in [-0.15, -0.1) is 0 Å². The number of aryl methyl sites for hydroxylation is 1. The Bertz CT molecular complexity index is 599. The molecule has 0 aliphatic carbocycles. The highest BCUT2D eigenvalue weighted by atomic mass is 79.9. The van der Waals surface area contributed by atoms with Gasteiger partial charge in [-0.2, -0.15) is 0 Å². The molecular weight excluding hydrogens is 318 g/mol. The Hall–Kier alpha value is -1.52. The highest BCUT2D eigenvalue weighted by Crippen LogP contribution is 2.27. The number of methoxy groups -OCH3 is 1. The average molecular weight is 336 g/mol. The van der Waals surface area contributed by atoms with Gasteiger partial charge in [0.05, 0.1) is 11.6 Å². The average Bonchev–Trinajstić information content (AvgIpc) is 2.46. The summed E-state index contributed by atoms with van der Waals surface area (Å²) < 4.78 is 12.1. The minimum atomic E-state index is 0.476. The fourth-order valence-electron chi connectivity index (χ4n) is 2.04. The molecule has 0 bridgehead atoms. The van der Waals surface area contributed by atoms with Crippen LogP contribution in [0.1, 0.15) is 16.7 Å². The summed E-state index contributed by atoms with van der Waals surface area (Å²) in [5, 5.41) is 0. The summed E-state index contributed by atoms with van der Waals surface area (Å²) in [6.07, 6.45) is 0. The Labute approximate surface area is 127 Å². The zero-order valence-corrected chi connectivity index (χ0v) is 13.2. The molecule has 0 radical (unpaired) electrons. The normalized spacial score (nSPS) is 10.4. The molecule has 2 aromatic rings. The van der Waals surface area contributed by atoms with Gasteiger partial charge < -0.3 is 15.2 Å². The van der Waals surface area contributed by atoms with Crippen LogP contribution in [0.15, 0.2) is 40.9 Å². The molecule has 0 aliphatic heterocycles. The van der Waals surface area contributed by atoms with E-state index in [1.54, 1.807) is 7.11 Å². The van der Waals surface area contributed by atoms with Crippen molar-refractivity contribution in [3.63, 3.8) is 0 Å². The Kier molecular flexibility index (Phi) is 5.04. The number of benzene rings is 2. The van der Waals surface area contributed by atoms with Crippen LogP contribution in [-0.4, -0.2) is 7.11 Å². The Balaban J connectivity index is 2.15. The van der Waals surface area contributed by atoms with Crippen molar-refractivity contribution in [2.75, 3.05) is 7.11 Å². The Morgan fingerprint density at radius 2 is 2.00 bits per heavy atom. The summed E-state index contributed by atoms with van der Waals surface area (Å²) in [5.74, 6) is 1.69. The molecular formula is C16H18BrNO2. The van der Waals surface area contributed by atoms with Crippen LogP contribution in [0.3, 0.4) is 0 Å². The van der Waals surface area contributed by atoms with E-state index in [0.717, 1.165) is 32.7 Å². The molecule has 0 saturated heterocycles. The van der Waals surface area contributed by atoms with E-state index >= 15 is 0 Å². The second-order valence-corrected chi connectivity index (χ2v) is 5.38. The van der Waals surface area contributed by atoms with Crippen molar-refractivity contribution in [1.29, 1.82) is 0 Å². The van der Waals surface area contributed by atoms with Gasteiger partial charge in [0, 0.05) is 12.1 Å². The van der Waals surface area contributed by atoms with E-state index in [4.69, 9.17) is 15.2 Å². The van der Waals surface area contributed by atoms with Crippen LogP contribution in [0.25, 0.3) is 0 Å². The summed E-state index contributed by atoms with van der Waals surface area (Å²) in [4.78, 5) is 0. The SMILES string of the molecule is COc1ccc(COc2c(C)cccc2CN)cc1Br. The van der Waals surface area contributed by atoms with Gasteiger partial charge in [0.15, 0.2) is 0 Å². The molecule has 2 N–H and O–H groups in total. The molecule has 0 amide bonds. The van der Waals surface area contributed by atoms with Crippen molar-refractivity contribution in [3.05, 3.63) is 57.6 Å². The topological polar surface area (TPSA) is 44.5 Å². The van der Waals surface area contributed by atoms with Crippen molar-refractivity contribution < 1.29 is 9.47 Å². The predicted octanol–water partition coefficient (Wildman–Crippen LogP) is 3.80. The minimum Gasteiger partial charge on any atom is -0.496 e. The third-order valence-electron chi connectivity index (χ3n) is 3.11. The lowest BCUT2D eigenvalue weighted by Crippen LogP contribution is -2.04. The number of hydrogen-bond donors (Lipinski definition) is 1. The second-order valence-electron chi connectivity index (χ2n) is 4.52. The van der Waals surface area contributed by atoms with Crippen molar-refractivity contribution in [1.82, 2.24) is 0 Å². The maximum Gasteiger partial charge on any atom is 0.133 e. The van der Waals surface area contributed by atoms with E-state index in [9.17, 15) is 0 Å². The summed E-state index contributed by atoms with van der Waals surface area (Å²) in [7, 11) is 1.65. The van der Waals surface area contributed by atoms with E-state index in [-0.39, 0.29) is 0 Å². The lowest BCUT2D eigenvalue weighted by Gasteiger charge is -2.14. The molecule has 0 spiro atoms. The highest BCUT2D eigenvalue weighted by Gasteiger charge is 2.07. The molecule has 0 fully saturated rings. The van der Waals surface area contributed by atoms with Crippen molar-refractivity contribution in [2.24, 2.45) is 5.73 Å². The first-order valence-electron chi connectivity index (χ1n) is 6.39. The standard InChI is InChI=1S/C16H18BrNO2/c1-11-4-3-5-13(9-18)16(11)20-10-12-6-7-15(19-2)14(17)8-12/h3-8H,9-10,18H2,1-2H3. The lowest BCUT2D eigenvalue weighted by atomic mass is 10.1. The van der Waals surface area contributed by atoms with Crippen LogP contribution >= 0.6 is 15.9 Å². The lowest BCUT2D eigenvalue weighted by molar-refractivity contribution is 0.300. The Morgan fingerprint density at radius 3 is 2.65 bits per heavy atom. The van der Waals surface area contributed by atoms with Gasteiger partial charge >= 0.3 is 0 Å². The monoisotopic (exact) mass is 335 g/mol. The number of nitrogens with two attached hydrogens (primary N) is 1.